The Kier molecular flexibility index (Phi) is 5.43. The number of fused-ring (bicyclic) bond motifs is 14. The third-order valence-electron chi connectivity index (χ3n) is 14.4. The second-order valence-corrected chi connectivity index (χ2v) is 17.2. The van der Waals surface area contributed by atoms with Gasteiger partial charge >= 0.3 is 0 Å². The highest BCUT2D eigenvalue weighted by Gasteiger charge is 2.54. The molecule has 226 valence electrons. The van der Waals surface area contributed by atoms with Gasteiger partial charge in [-0.15, -0.1) is 0 Å². The van der Waals surface area contributed by atoms with Gasteiger partial charge < -0.3 is 0 Å². The number of hydrogen-bond donors (Lipinski definition) is 0. The molecule has 0 aromatic heterocycles. The second-order valence-electron chi connectivity index (χ2n) is 16.4. The van der Waals surface area contributed by atoms with Crippen molar-refractivity contribution in [3.63, 3.8) is 0 Å². The largest absolute Gasteiger partial charge is 0.0726 e. The van der Waals surface area contributed by atoms with Crippen molar-refractivity contribution < 1.29 is 0 Å². The van der Waals surface area contributed by atoms with E-state index in [1.54, 1.807) is 44.5 Å². The van der Waals surface area contributed by atoms with Gasteiger partial charge in [-0.1, -0.05) is 96.4 Å². The predicted molar refractivity (Wildman–Crippen MR) is 188 cm³/mol. The van der Waals surface area contributed by atoms with Crippen LogP contribution in [0.2, 0.25) is 0 Å². The minimum absolute atomic E-state index is 0.240. The van der Waals surface area contributed by atoms with E-state index in [1.807, 2.05) is 0 Å². The van der Waals surface area contributed by atoms with Crippen LogP contribution in [-0.4, -0.2) is 0 Å². The van der Waals surface area contributed by atoms with E-state index < -0.39 is 0 Å². The zero-order valence-corrected chi connectivity index (χ0v) is 28.1. The fourth-order valence-electron chi connectivity index (χ4n) is 12.8. The summed E-state index contributed by atoms with van der Waals surface area (Å²) in [4.78, 5) is 0. The fourth-order valence-corrected chi connectivity index (χ4v) is 13.4. The lowest BCUT2D eigenvalue weighted by Crippen LogP contribution is -2.27. The van der Waals surface area contributed by atoms with Gasteiger partial charge in [0.05, 0.1) is 5.41 Å². The maximum absolute atomic E-state index is 4.07. The van der Waals surface area contributed by atoms with Crippen LogP contribution in [0.15, 0.2) is 71.2 Å². The normalized spacial score (nSPS) is 34.0. The van der Waals surface area contributed by atoms with Crippen LogP contribution < -0.4 is 0 Å². The minimum atomic E-state index is -0.240. The number of rotatable bonds is 1. The van der Waals surface area contributed by atoms with Crippen LogP contribution in [0.4, 0.5) is 0 Å². The smallest absolute Gasteiger partial charge is 0.0648 e. The van der Waals surface area contributed by atoms with Gasteiger partial charge in [0, 0.05) is 10.0 Å². The SMILES string of the molecule is CCC1CC2CCCC(C2)c2cc3c(cc21)-c1cc2c(cc1C31c3ccccc3-c3c(Br)cccc31)C1CC3CC(CC2C3)C1. The van der Waals surface area contributed by atoms with Crippen LogP contribution >= 0.6 is 15.9 Å². The van der Waals surface area contributed by atoms with Gasteiger partial charge in [0.1, 0.15) is 0 Å². The summed E-state index contributed by atoms with van der Waals surface area (Å²) in [6.45, 7) is 2.46. The Morgan fingerprint density at radius 1 is 0.578 bits per heavy atom. The summed E-state index contributed by atoms with van der Waals surface area (Å²) in [5, 5.41) is 0. The molecular formula is C44H43Br. The molecular weight excluding hydrogens is 608 g/mol. The van der Waals surface area contributed by atoms with Crippen molar-refractivity contribution in [2.75, 3.05) is 0 Å². The Morgan fingerprint density at radius 2 is 1.22 bits per heavy atom. The summed E-state index contributed by atoms with van der Waals surface area (Å²) in [7, 11) is 0. The van der Waals surface area contributed by atoms with Gasteiger partial charge in [-0.3, -0.25) is 0 Å². The standard InChI is InChI=1S/C44H43Br/c1-2-27-14-24-7-5-8-28(15-24)34-22-40-36(20-32(27)34)37-21-33-29-16-25-13-26(17-29)19-30(18-25)35(33)23-41(37)44(40)38-10-4-3-9-31(38)43-39(44)11-6-12-42(43)45/h3-4,6,9-12,20-30H,2,5,7-8,13-19H2,1H3. The molecule has 0 aliphatic heterocycles. The van der Waals surface area contributed by atoms with Crippen molar-refractivity contribution in [3.05, 3.63) is 116 Å². The third kappa shape index (κ3) is 3.35. The molecule has 6 unspecified atom stereocenters. The van der Waals surface area contributed by atoms with Gasteiger partial charge in [-0.05, 0) is 166 Å². The van der Waals surface area contributed by atoms with Crippen molar-refractivity contribution >= 4 is 15.9 Å². The molecule has 8 aliphatic carbocycles. The zero-order chi connectivity index (χ0) is 29.6. The Labute approximate surface area is 277 Å². The summed E-state index contributed by atoms with van der Waals surface area (Å²) >= 11 is 4.07. The van der Waals surface area contributed by atoms with Crippen molar-refractivity contribution in [1.29, 1.82) is 0 Å². The molecule has 12 rings (SSSR count). The second kappa shape index (κ2) is 9.25. The highest BCUT2D eigenvalue weighted by molar-refractivity contribution is 9.10. The Hall–Kier alpha value is -2.64. The number of hydrogen-bond acceptors (Lipinski definition) is 0. The van der Waals surface area contributed by atoms with Crippen molar-refractivity contribution in [2.45, 2.75) is 107 Å². The van der Waals surface area contributed by atoms with Crippen LogP contribution in [0, 0.1) is 17.8 Å². The first kappa shape index (κ1) is 26.4. The molecule has 1 spiro atoms. The first-order chi connectivity index (χ1) is 22.1. The lowest BCUT2D eigenvalue weighted by molar-refractivity contribution is 0.166. The summed E-state index contributed by atoms with van der Waals surface area (Å²) in [5.74, 6) is 5.73. The van der Waals surface area contributed by atoms with Gasteiger partial charge in [-0.2, -0.15) is 0 Å². The molecule has 3 saturated carbocycles. The summed E-state index contributed by atoms with van der Waals surface area (Å²) in [6, 6.07) is 27.7. The van der Waals surface area contributed by atoms with Crippen LogP contribution in [-0.2, 0) is 5.41 Å². The highest BCUT2D eigenvalue weighted by Crippen LogP contribution is 2.67. The molecule has 6 bridgehead atoms. The average molecular weight is 652 g/mol. The topological polar surface area (TPSA) is 0 Å². The molecule has 0 heterocycles. The van der Waals surface area contributed by atoms with Crippen LogP contribution in [0.5, 0.6) is 0 Å². The Balaban J connectivity index is 1.26. The molecule has 0 N–H and O–H groups in total. The molecule has 0 saturated heterocycles. The molecule has 1 heteroatoms. The van der Waals surface area contributed by atoms with E-state index >= 15 is 0 Å². The van der Waals surface area contributed by atoms with Crippen LogP contribution in [0.3, 0.4) is 0 Å². The first-order valence-electron chi connectivity index (χ1n) is 18.4. The monoisotopic (exact) mass is 650 g/mol. The van der Waals surface area contributed by atoms with Crippen molar-refractivity contribution in [2.24, 2.45) is 17.8 Å². The van der Waals surface area contributed by atoms with Gasteiger partial charge in [0.15, 0.2) is 0 Å². The van der Waals surface area contributed by atoms with Crippen molar-refractivity contribution in [1.82, 2.24) is 0 Å². The van der Waals surface area contributed by atoms with Crippen LogP contribution in [0.1, 0.15) is 146 Å². The average Bonchev–Trinajstić information content (AvgIpc) is 3.41. The Morgan fingerprint density at radius 3 is 1.98 bits per heavy atom. The van der Waals surface area contributed by atoms with Gasteiger partial charge in [0.2, 0.25) is 0 Å². The summed E-state index contributed by atoms with van der Waals surface area (Å²) in [5.41, 5.74) is 18.8. The van der Waals surface area contributed by atoms with Crippen LogP contribution in [0.25, 0.3) is 22.3 Å². The molecule has 45 heavy (non-hydrogen) atoms. The fraction of sp³-hybridized carbons (Fsp3) is 0.455. The molecule has 4 aromatic carbocycles. The maximum Gasteiger partial charge on any atom is 0.0726 e. The van der Waals surface area contributed by atoms with E-state index in [1.165, 1.54) is 97.4 Å². The number of benzene rings is 4. The molecule has 4 aromatic rings. The van der Waals surface area contributed by atoms with Gasteiger partial charge in [0.25, 0.3) is 0 Å². The lowest BCUT2D eigenvalue weighted by atomic mass is 9.67. The summed E-state index contributed by atoms with van der Waals surface area (Å²) in [6.07, 6.45) is 15.5. The third-order valence-corrected chi connectivity index (χ3v) is 15.0. The van der Waals surface area contributed by atoms with E-state index in [4.69, 9.17) is 0 Å². The first-order valence-corrected chi connectivity index (χ1v) is 19.2. The minimum Gasteiger partial charge on any atom is -0.0648 e. The lowest BCUT2D eigenvalue weighted by Gasteiger charge is -2.38. The van der Waals surface area contributed by atoms with Gasteiger partial charge in [-0.25, -0.2) is 0 Å². The highest BCUT2D eigenvalue weighted by atomic mass is 79.9. The van der Waals surface area contributed by atoms with E-state index in [0.717, 1.165) is 35.5 Å². The van der Waals surface area contributed by atoms with E-state index in [0.29, 0.717) is 5.92 Å². The molecule has 0 nitrogen and oxygen atoms in total. The predicted octanol–water partition coefficient (Wildman–Crippen LogP) is 12.4. The molecule has 0 amide bonds. The molecule has 0 radical (unpaired) electrons. The Bertz CT molecular complexity index is 1920. The zero-order valence-electron chi connectivity index (χ0n) is 26.5. The quantitative estimate of drug-likeness (QED) is 0.166. The van der Waals surface area contributed by atoms with E-state index in [-0.39, 0.29) is 5.41 Å². The molecule has 8 aliphatic rings. The van der Waals surface area contributed by atoms with E-state index in [9.17, 15) is 0 Å². The number of halogens is 1. The van der Waals surface area contributed by atoms with Crippen molar-refractivity contribution in [3.8, 4) is 22.3 Å². The maximum atomic E-state index is 4.07. The molecule has 3 fully saturated rings. The van der Waals surface area contributed by atoms with E-state index in [2.05, 4.69) is 89.6 Å². The summed E-state index contributed by atoms with van der Waals surface area (Å²) < 4.78 is 1.24. The molecule has 6 atom stereocenters.